The summed E-state index contributed by atoms with van der Waals surface area (Å²) in [6, 6.07) is 9.35. The molecule has 0 bridgehead atoms. The van der Waals surface area contributed by atoms with Crippen molar-refractivity contribution in [3.63, 3.8) is 0 Å². The van der Waals surface area contributed by atoms with Crippen molar-refractivity contribution in [2.45, 2.75) is 38.0 Å². The van der Waals surface area contributed by atoms with Gasteiger partial charge in [-0.05, 0) is 25.3 Å². The Bertz CT molecular complexity index is 701. The number of hydrogen-bond donors (Lipinski definition) is 1. The van der Waals surface area contributed by atoms with Crippen molar-refractivity contribution in [2.24, 2.45) is 0 Å². The van der Waals surface area contributed by atoms with Gasteiger partial charge >= 0.3 is 0 Å². The maximum atomic E-state index is 12.5. The Morgan fingerprint density at radius 1 is 1.32 bits per heavy atom. The molecule has 7 nitrogen and oxygen atoms in total. The molecule has 0 radical (unpaired) electrons. The molecule has 1 aliphatic rings. The quantitative estimate of drug-likeness (QED) is 0.863. The Hall–Kier alpha value is -2.25. The number of benzene rings is 1. The van der Waals surface area contributed by atoms with Crippen LogP contribution in [0.5, 0.6) is 0 Å². The topological polar surface area (TPSA) is 80.5 Å². The lowest BCUT2D eigenvalue weighted by Gasteiger charge is -2.23. The van der Waals surface area contributed by atoms with E-state index in [-0.39, 0.29) is 24.2 Å². The number of ether oxygens (including phenoxy) is 1. The van der Waals surface area contributed by atoms with Crippen LogP contribution in [0.4, 0.5) is 0 Å². The van der Waals surface area contributed by atoms with Crippen LogP contribution in [-0.2, 0) is 9.53 Å². The second-order valence-electron chi connectivity index (χ2n) is 6.49. The largest absolute Gasteiger partial charge is 0.364 e. The number of aromatic nitrogens is 2. The first-order valence-corrected chi connectivity index (χ1v) is 8.49. The average Bonchev–Trinajstić information content (AvgIpc) is 3.24. The molecule has 3 atom stereocenters. The second kappa shape index (κ2) is 7.76. The first-order chi connectivity index (χ1) is 12.0. The number of carbonyl (C=O) groups excluding carboxylic acids is 1. The summed E-state index contributed by atoms with van der Waals surface area (Å²) in [4.78, 5) is 18.4. The van der Waals surface area contributed by atoms with Gasteiger partial charge in [0.1, 0.15) is 12.1 Å². The maximum Gasteiger partial charge on any atom is 0.255 e. The van der Waals surface area contributed by atoms with Gasteiger partial charge in [-0.1, -0.05) is 35.5 Å². The minimum absolute atomic E-state index is 0.0124. The van der Waals surface area contributed by atoms with Crippen molar-refractivity contribution in [1.82, 2.24) is 20.4 Å². The van der Waals surface area contributed by atoms with Crippen molar-refractivity contribution >= 4 is 5.91 Å². The molecule has 1 unspecified atom stereocenters. The molecule has 1 saturated heterocycles. The Morgan fingerprint density at radius 2 is 2.08 bits per heavy atom. The summed E-state index contributed by atoms with van der Waals surface area (Å²) in [6.45, 7) is 2.38. The van der Waals surface area contributed by atoms with Gasteiger partial charge in [-0.25, -0.2) is 0 Å². The highest BCUT2D eigenvalue weighted by Crippen LogP contribution is 2.31. The summed E-state index contributed by atoms with van der Waals surface area (Å²) in [5.74, 6) is 1.16. The number of aryl methyl sites for hydroxylation is 1. The van der Waals surface area contributed by atoms with Crippen LogP contribution >= 0.6 is 0 Å². The number of carbonyl (C=O) groups is 1. The molecular formula is C18H24N4O3. The van der Waals surface area contributed by atoms with E-state index in [1.54, 1.807) is 25.9 Å². The number of likely N-dealkylation sites (N-methyl/N-ethyl adjacent to an activating group) is 1. The minimum atomic E-state index is -0.385. The van der Waals surface area contributed by atoms with Crippen LogP contribution in [0.15, 0.2) is 34.9 Å². The van der Waals surface area contributed by atoms with Crippen LogP contribution in [0.25, 0.3) is 0 Å². The molecule has 0 aliphatic carbocycles. The van der Waals surface area contributed by atoms with Crippen LogP contribution < -0.4 is 5.32 Å². The van der Waals surface area contributed by atoms with Gasteiger partial charge < -0.3 is 14.2 Å². The van der Waals surface area contributed by atoms with Crippen LogP contribution in [0.2, 0.25) is 0 Å². The number of hydrogen-bond acceptors (Lipinski definition) is 6. The molecule has 25 heavy (non-hydrogen) atoms. The molecule has 0 spiro atoms. The van der Waals surface area contributed by atoms with Crippen LogP contribution in [0.3, 0.4) is 0 Å². The van der Waals surface area contributed by atoms with Crippen LogP contribution in [0, 0.1) is 6.92 Å². The van der Waals surface area contributed by atoms with Gasteiger partial charge in [0.25, 0.3) is 5.89 Å². The van der Waals surface area contributed by atoms with Crippen molar-refractivity contribution in [2.75, 3.05) is 20.6 Å². The summed E-state index contributed by atoms with van der Waals surface area (Å²) < 4.78 is 11.2. The third-order valence-electron chi connectivity index (χ3n) is 4.30. The molecule has 2 heterocycles. The zero-order valence-corrected chi connectivity index (χ0v) is 14.8. The van der Waals surface area contributed by atoms with Crippen LogP contribution in [-0.4, -0.2) is 47.7 Å². The summed E-state index contributed by atoms with van der Waals surface area (Å²) in [5, 5.41) is 7.16. The first kappa shape index (κ1) is 17.6. The van der Waals surface area contributed by atoms with E-state index in [1.165, 1.54) is 0 Å². The zero-order valence-electron chi connectivity index (χ0n) is 14.8. The predicted molar refractivity (Wildman–Crippen MR) is 91.8 cm³/mol. The Balaban J connectivity index is 1.61. The molecule has 1 N–H and O–H groups in total. The monoisotopic (exact) mass is 344 g/mol. The standard InChI is InChI=1S/C18H24N4O3/c1-12-20-17(25-21-12)15-10-9-14(24-15)11-19-16(18(23)22(2)3)13-7-5-4-6-8-13/h4-8,14-16,19H,9-11H2,1-3H3/t14-,15+,16?/m1/s1. The van der Waals surface area contributed by atoms with Crippen LogP contribution in [0.1, 0.15) is 42.3 Å². The Kier molecular flexibility index (Phi) is 5.45. The Labute approximate surface area is 147 Å². The van der Waals surface area contributed by atoms with Gasteiger partial charge in [-0.3, -0.25) is 10.1 Å². The fraction of sp³-hybridized carbons (Fsp3) is 0.500. The van der Waals surface area contributed by atoms with E-state index in [9.17, 15) is 4.79 Å². The summed E-state index contributed by atoms with van der Waals surface area (Å²) in [5.41, 5.74) is 0.947. The number of amides is 1. The van der Waals surface area contributed by atoms with E-state index in [4.69, 9.17) is 9.26 Å². The summed E-state index contributed by atoms with van der Waals surface area (Å²) in [7, 11) is 3.53. The van der Waals surface area contributed by atoms with Crippen molar-refractivity contribution < 1.29 is 14.1 Å². The lowest BCUT2D eigenvalue weighted by molar-refractivity contribution is -0.131. The predicted octanol–water partition coefficient (Wildman–Crippen LogP) is 2.02. The lowest BCUT2D eigenvalue weighted by Crippen LogP contribution is -2.40. The highest BCUT2D eigenvalue weighted by molar-refractivity contribution is 5.82. The Morgan fingerprint density at radius 3 is 2.72 bits per heavy atom. The first-order valence-electron chi connectivity index (χ1n) is 8.49. The fourth-order valence-electron chi connectivity index (χ4n) is 2.98. The van der Waals surface area contributed by atoms with Gasteiger partial charge in [-0.15, -0.1) is 0 Å². The van der Waals surface area contributed by atoms with Gasteiger partial charge in [0.2, 0.25) is 5.91 Å². The molecule has 2 aromatic rings. The van der Waals surface area contributed by atoms with E-state index in [0.717, 1.165) is 18.4 Å². The molecule has 1 fully saturated rings. The third kappa shape index (κ3) is 4.24. The molecule has 134 valence electrons. The van der Waals surface area contributed by atoms with E-state index >= 15 is 0 Å². The van der Waals surface area contributed by atoms with Gasteiger partial charge in [0.15, 0.2) is 5.82 Å². The third-order valence-corrected chi connectivity index (χ3v) is 4.30. The van der Waals surface area contributed by atoms with Gasteiger partial charge in [-0.2, -0.15) is 4.98 Å². The van der Waals surface area contributed by atoms with E-state index in [0.29, 0.717) is 18.3 Å². The van der Waals surface area contributed by atoms with Gasteiger partial charge in [0, 0.05) is 20.6 Å². The molecule has 1 aliphatic heterocycles. The average molecular weight is 344 g/mol. The summed E-state index contributed by atoms with van der Waals surface area (Å²) in [6.07, 6.45) is 1.58. The normalized spacial score (nSPS) is 21.2. The molecule has 1 aromatic carbocycles. The highest BCUT2D eigenvalue weighted by atomic mass is 16.5. The maximum absolute atomic E-state index is 12.5. The molecule has 0 saturated carbocycles. The van der Waals surface area contributed by atoms with Crippen molar-refractivity contribution in [3.8, 4) is 0 Å². The zero-order chi connectivity index (χ0) is 17.8. The minimum Gasteiger partial charge on any atom is -0.364 e. The van der Waals surface area contributed by atoms with Crippen molar-refractivity contribution in [1.29, 1.82) is 0 Å². The molecule has 1 aromatic heterocycles. The van der Waals surface area contributed by atoms with Gasteiger partial charge in [0.05, 0.1) is 6.10 Å². The number of rotatable bonds is 6. The van der Waals surface area contributed by atoms with E-state index in [1.807, 2.05) is 30.3 Å². The van der Waals surface area contributed by atoms with E-state index in [2.05, 4.69) is 15.5 Å². The van der Waals surface area contributed by atoms with Crippen molar-refractivity contribution in [3.05, 3.63) is 47.6 Å². The second-order valence-corrected chi connectivity index (χ2v) is 6.49. The smallest absolute Gasteiger partial charge is 0.255 e. The molecule has 3 rings (SSSR count). The highest BCUT2D eigenvalue weighted by Gasteiger charge is 2.31. The number of nitrogens with one attached hydrogen (secondary N) is 1. The van der Waals surface area contributed by atoms with E-state index < -0.39 is 0 Å². The SMILES string of the molecule is Cc1noc([C@@H]2CC[C@H](CNC(C(=O)N(C)C)c3ccccc3)O2)n1. The summed E-state index contributed by atoms with van der Waals surface area (Å²) >= 11 is 0. The lowest BCUT2D eigenvalue weighted by atomic mass is 10.1. The molecular weight excluding hydrogens is 320 g/mol. The molecule has 7 heteroatoms. The number of nitrogens with zero attached hydrogens (tertiary/aromatic N) is 3. The fourth-order valence-corrected chi connectivity index (χ4v) is 2.98. The molecule has 1 amide bonds.